The van der Waals surface area contributed by atoms with Crippen molar-refractivity contribution < 1.29 is 19.1 Å². The molecule has 18 heavy (non-hydrogen) atoms. The van der Waals surface area contributed by atoms with Gasteiger partial charge in [-0.25, -0.2) is 0 Å². The largest absolute Gasteiger partial charge is 0.349 e. The number of carbonyl (C=O) groups excluding carboxylic acids is 2. The Bertz CT molecular complexity index is 296. The molecule has 0 unspecified atom stereocenters. The van der Waals surface area contributed by atoms with Crippen molar-refractivity contribution >= 4 is 11.6 Å². The maximum absolute atomic E-state index is 12.4. The van der Waals surface area contributed by atoms with Crippen molar-refractivity contribution in [3.63, 3.8) is 0 Å². The van der Waals surface area contributed by atoms with Gasteiger partial charge in [0, 0.05) is 20.1 Å². The van der Waals surface area contributed by atoms with E-state index in [1.807, 2.05) is 0 Å². The lowest BCUT2D eigenvalue weighted by Crippen LogP contribution is -2.42. The molecule has 0 radical (unpaired) electrons. The summed E-state index contributed by atoms with van der Waals surface area (Å²) in [6, 6.07) is 0. The summed E-state index contributed by atoms with van der Waals surface area (Å²) in [5.41, 5.74) is 0. The monoisotopic (exact) mass is 256 g/mol. The van der Waals surface area contributed by atoms with Crippen molar-refractivity contribution in [2.45, 2.75) is 45.8 Å². The molecule has 3 atom stereocenters. The van der Waals surface area contributed by atoms with Gasteiger partial charge in [0.15, 0.2) is 5.78 Å². The Balaban J connectivity index is 2.77. The van der Waals surface area contributed by atoms with Gasteiger partial charge in [0.05, 0.1) is 5.92 Å². The average Bonchev–Trinajstić information content (AvgIpc) is 2.39. The van der Waals surface area contributed by atoms with E-state index >= 15 is 0 Å². The molecule has 0 bridgehead atoms. The van der Waals surface area contributed by atoms with Crippen molar-refractivity contribution in [3.05, 3.63) is 0 Å². The Morgan fingerprint density at radius 1 is 1.33 bits per heavy atom. The third-order valence-corrected chi connectivity index (χ3v) is 4.05. The molecule has 0 aliphatic heterocycles. The lowest BCUT2D eigenvalue weighted by Gasteiger charge is -2.31. The Hall–Kier alpha value is -0.740. The number of methoxy groups -OCH3 is 2. The molecule has 4 nitrogen and oxygen atoms in total. The fourth-order valence-electron chi connectivity index (χ4n) is 2.71. The standard InChI is InChI=1S/C14H24O4/c1-5-9(2)10-7-6-8-11(12(10)15)13(16)14(17-3)18-4/h9-11,14H,5-8H2,1-4H3/t9-,10-,11-/m0/s1. The van der Waals surface area contributed by atoms with Crippen LogP contribution in [0.1, 0.15) is 39.5 Å². The smallest absolute Gasteiger partial charge is 0.218 e. The van der Waals surface area contributed by atoms with Crippen LogP contribution in [0.5, 0.6) is 0 Å². The molecule has 0 N–H and O–H groups in total. The number of hydrogen-bond acceptors (Lipinski definition) is 4. The predicted octanol–water partition coefficient (Wildman–Crippen LogP) is 2.21. The number of Topliss-reactive ketones (excluding diaryl/α,β-unsaturated/α-hetero) is 2. The number of ether oxygens (including phenoxy) is 2. The molecule has 0 heterocycles. The average molecular weight is 256 g/mol. The number of ketones is 2. The zero-order chi connectivity index (χ0) is 13.7. The Morgan fingerprint density at radius 2 is 1.94 bits per heavy atom. The van der Waals surface area contributed by atoms with Crippen molar-refractivity contribution in [1.29, 1.82) is 0 Å². The maximum Gasteiger partial charge on any atom is 0.218 e. The van der Waals surface area contributed by atoms with Gasteiger partial charge < -0.3 is 9.47 Å². The maximum atomic E-state index is 12.4. The van der Waals surface area contributed by atoms with Gasteiger partial charge in [-0.1, -0.05) is 26.7 Å². The lowest BCUT2D eigenvalue weighted by atomic mass is 9.72. The summed E-state index contributed by atoms with van der Waals surface area (Å²) in [7, 11) is 2.84. The third-order valence-electron chi connectivity index (χ3n) is 4.05. The van der Waals surface area contributed by atoms with E-state index in [0.717, 1.165) is 19.3 Å². The normalized spacial score (nSPS) is 26.4. The molecule has 0 spiro atoms. The number of rotatable bonds is 6. The van der Waals surface area contributed by atoms with Crippen LogP contribution >= 0.6 is 0 Å². The topological polar surface area (TPSA) is 52.6 Å². The highest BCUT2D eigenvalue weighted by Gasteiger charge is 2.40. The highest BCUT2D eigenvalue weighted by molar-refractivity contribution is 6.05. The van der Waals surface area contributed by atoms with E-state index in [2.05, 4.69) is 13.8 Å². The van der Waals surface area contributed by atoms with Crippen LogP contribution in [0.15, 0.2) is 0 Å². The fourth-order valence-corrected chi connectivity index (χ4v) is 2.71. The van der Waals surface area contributed by atoms with Crippen LogP contribution in [0.25, 0.3) is 0 Å². The summed E-state index contributed by atoms with van der Waals surface area (Å²) >= 11 is 0. The molecule has 0 aromatic heterocycles. The van der Waals surface area contributed by atoms with E-state index in [-0.39, 0.29) is 17.5 Å². The minimum Gasteiger partial charge on any atom is -0.349 e. The van der Waals surface area contributed by atoms with Gasteiger partial charge >= 0.3 is 0 Å². The van der Waals surface area contributed by atoms with E-state index < -0.39 is 12.2 Å². The van der Waals surface area contributed by atoms with Gasteiger partial charge in [-0.15, -0.1) is 0 Å². The molecular formula is C14H24O4. The molecule has 1 aliphatic rings. The molecular weight excluding hydrogens is 232 g/mol. The second kappa shape index (κ2) is 7.00. The molecule has 1 fully saturated rings. The predicted molar refractivity (Wildman–Crippen MR) is 68.1 cm³/mol. The van der Waals surface area contributed by atoms with Gasteiger partial charge in [0.25, 0.3) is 0 Å². The quantitative estimate of drug-likeness (QED) is 0.540. The summed E-state index contributed by atoms with van der Waals surface area (Å²) in [4.78, 5) is 24.5. The van der Waals surface area contributed by atoms with E-state index in [4.69, 9.17) is 9.47 Å². The number of hydrogen-bond donors (Lipinski definition) is 0. The molecule has 1 saturated carbocycles. The SMILES string of the molecule is CC[C@H](C)[C@@H]1CCC[C@H](C(=O)C(OC)OC)C1=O. The first-order valence-corrected chi connectivity index (χ1v) is 6.69. The highest BCUT2D eigenvalue weighted by atomic mass is 16.7. The second-order valence-corrected chi connectivity index (χ2v) is 5.08. The first-order valence-electron chi connectivity index (χ1n) is 6.69. The minimum atomic E-state index is -0.908. The summed E-state index contributed by atoms with van der Waals surface area (Å²) in [6.07, 6.45) is 2.53. The van der Waals surface area contributed by atoms with Gasteiger partial charge in [-0.05, 0) is 18.8 Å². The summed E-state index contributed by atoms with van der Waals surface area (Å²) < 4.78 is 9.92. The highest BCUT2D eigenvalue weighted by Crippen LogP contribution is 2.33. The molecule has 0 amide bonds. The first-order chi connectivity index (χ1) is 8.56. The van der Waals surface area contributed by atoms with Crippen LogP contribution in [-0.4, -0.2) is 32.1 Å². The van der Waals surface area contributed by atoms with Gasteiger partial charge in [-0.3, -0.25) is 9.59 Å². The van der Waals surface area contributed by atoms with Crippen molar-refractivity contribution in [2.24, 2.45) is 17.8 Å². The van der Waals surface area contributed by atoms with Crippen molar-refractivity contribution in [1.82, 2.24) is 0 Å². The van der Waals surface area contributed by atoms with Crippen molar-refractivity contribution in [3.8, 4) is 0 Å². The molecule has 0 saturated heterocycles. The van der Waals surface area contributed by atoms with Crippen LogP contribution in [0, 0.1) is 17.8 Å². The van der Waals surface area contributed by atoms with Crippen LogP contribution in [0.2, 0.25) is 0 Å². The minimum absolute atomic E-state index is 0.0204. The fraction of sp³-hybridized carbons (Fsp3) is 0.857. The van der Waals surface area contributed by atoms with E-state index in [0.29, 0.717) is 12.3 Å². The summed E-state index contributed by atoms with van der Waals surface area (Å²) in [5.74, 6) is -0.316. The van der Waals surface area contributed by atoms with Crippen molar-refractivity contribution in [2.75, 3.05) is 14.2 Å². The van der Waals surface area contributed by atoms with E-state index in [9.17, 15) is 9.59 Å². The van der Waals surface area contributed by atoms with E-state index in [1.165, 1.54) is 14.2 Å². The van der Waals surface area contributed by atoms with Gasteiger partial charge in [0.1, 0.15) is 5.78 Å². The first kappa shape index (κ1) is 15.3. The third kappa shape index (κ3) is 3.18. The van der Waals surface area contributed by atoms with Gasteiger partial charge in [0.2, 0.25) is 6.29 Å². The Morgan fingerprint density at radius 3 is 2.44 bits per heavy atom. The molecule has 0 aromatic rings. The van der Waals surface area contributed by atoms with Crippen LogP contribution < -0.4 is 0 Å². The molecule has 1 aliphatic carbocycles. The lowest BCUT2D eigenvalue weighted by molar-refractivity contribution is -0.165. The van der Waals surface area contributed by atoms with Crippen LogP contribution in [-0.2, 0) is 19.1 Å². The van der Waals surface area contributed by atoms with Crippen LogP contribution in [0.4, 0.5) is 0 Å². The molecule has 1 rings (SSSR count). The molecule has 104 valence electrons. The zero-order valence-electron chi connectivity index (χ0n) is 11.8. The molecule has 0 aromatic carbocycles. The zero-order valence-corrected chi connectivity index (χ0v) is 11.8. The molecule has 4 heteroatoms. The summed E-state index contributed by atoms with van der Waals surface area (Å²) in [6.45, 7) is 4.16. The second-order valence-electron chi connectivity index (χ2n) is 5.08. The Kier molecular flexibility index (Phi) is 5.96. The van der Waals surface area contributed by atoms with Gasteiger partial charge in [-0.2, -0.15) is 0 Å². The Labute approximate surface area is 109 Å². The van der Waals surface area contributed by atoms with Crippen LogP contribution in [0.3, 0.4) is 0 Å². The van der Waals surface area contributed by atoms with E-state index in [1.54, 1.807) is 0 Å². The summed E-state index contributed by atoms with van der Waals surface area (Å²) in [5, 5.41) is 0. The number of carbonyl (C=O) groups is 2.